The summed E-state index contributed by atoms with van der Waals surface area (Å²) < 4.78 is 16.7. The van der Waals surface area contributed by atoms with E-state index in [1.807, 2.05) is 0 Å². The Morgan fingerprint density at radius 2 is 0.583 bits per heavy atom. The van der Waals surface area contributed by atoms with Gasteiger partial charge in [0.2, 0.25) is 0 Å². The Morgan fingerprint density at radius 1 is 0.317 bits per heavy atom. The van der Waals surface area contributed by atoms with E-state index in [0.29, 0.717) is 19.3 Å². The number of hydrogen-bond donors (Lipinski definition) is 0. The molecule has 6 heteroatoms. The first-order valence-corrected chi connectivity index (χ1v) is 26.7. The van der Waals surface area contributed by atoms with E-state index in [9.17, 15) is 14.4 Å². The maximum Gasteiger partial charge on any atom is 0.306 e. The van der Waals surface area contributed by atoms with E-state index in [1.165, 1.54) is 186 Å². The van der Waals surface area contributed by atoms with Crippen LogP contribution in [0.25, 0.3) is 0 Å². The third-order valence-electron chi connectivity index (χ3n) is 12.0. The third-order valence-corrected chi connectivity index (χ3v) is 12.0. The van der Waals surface area contributed by atoms with E-state index in [1.54, 1.807) is 0 Å². The lowest BCUT2D eigenvalue weighted by Gasteiger charge is -2.18. The average Bonchev–Trinajstić information content (AvgIpc) is 3.24. The van der Waals surface area contributed by atoms with Gasteiger partial charge in [0.15, 0.2) is 6.10 Å². The number of ether oxygens (including phenoxy) is 3. The number of carbonyl (C=O) groups is 3. The Hall–Kier alpha value is -1.85. The fraction of sp³-hybridized carbons (Fsp3) is 0.907. The molecule has 0 N–H and O–H groups in total. The molecule has 6 nitrogen and oxygen atoms in total. The third kappa shape index (κ3) is 47.2. The molecular weight excluding hydrogens is 745 g/mol. The minimum Gasteiger partial charge on any atom is -0.462 e. The summed E-state index contributed by atoms with van der Waals surface area (Å²) >= 11 is 0. The molecule has 1 atom stereocenters. The second-order valence-corrected chi connectivity index (χ2v) is 18.2. The van der Waals surface area contributed by atoms with Gasteiger partial charge in [-0.2, -0.15) is 0 Å². The highest BCUT2D eigenvalue weighted by molar-refractivity contribution is 5.71. The van der Waals surface area contributed by atoms with Crippen LogP contribution in [0.4, 0.5) is 0 Å². The van der Waals surface area contributed by atoms with Crippen molar-refractivity contribution in [3.63, 3.8) is 0 Å². The van der Waals surface area contributed by atoms with Crippen LogP contribution in [0.2, 0.25) is 0 Å². The molecule has 0 aliphatic rings. The van der Waals surface area contributed by atoms with Crippen LogP contribution in [0.3, 0.4) is 0 Å². The van der Waals surface area contributed by atoms with Crippen molar-refractivity contribution >= 4 is 17.9 Å². The first-order valence-electron chi connectivity index (χ1n) is 26.7. The molecule has 0 radical (unpaired) electrons. The van der Waals surface area contributed by atoms with Crippen molar-refractivity contribution in [3.8, 4) is 0 Å². The van der Waals surface area contributed by atoms with Crippen LogP contribution in [0.5, 0.6) is 0 Å². The van der Waals surface area contributed by atoms with Gasteiger partial charge in [-0.15, -0.1) is 0 Å². The Bertz CT molecular complexity index is 931. The van der Waals surface area contributed by atoms with Crippen molar-refractivity contribution in [2.45, 2.75) is 303 Å². The highest BCUT2D eigenvalue weighted by Gasteiger charge is 2.19. The van der Waals surface area contributed by atoms with Gasteiger partial charge in [0.25, 0.3) is 0 Å². The molecule has 0 spiro atoms. The summed E-state index contributed by atoms with van der Waals surface area (Å²) in [5.74, 6) is -0.870. The summed E-state index contributed by atoms with van der Waals surface area (Å²) in [6.45, 7) is 6.58. The van der Waals surface area contributed by atoms with E-state index in [0.717, 1.165) is 70.6 Å². The molecule has 60 heavy (non-hydrogen) atoms. The predicted octanol–water partition coefficient (Wildman–Crippen LogP) is 17.4. The summed E-state index contributed by atoms with van der Waals surface area (Å²) in [7, 11) is 0. The van der Waals surface area contributed by atoms with E-state index in [2.05, 4.69) is 32.9 Å². The molecule has 0 aliphatic heterocycles. The maximum atomic E-state index is 12.7. The monoisotopic (exact) mass is 847 g/mol. The molecule has 0 saturated heterocycles. The van der Waals surface area contributed by atoms with Gasteiger partial charge >= 0.3 is 17.9 Å². The van der Waals surface area contributed by atoms with Gasteiger partial charge in [-0.25, -0.2) is 0 Å². The zero-order chi connectivity index (χ0) is 43.7. The molecule has 0 fully saturated rings. The quantitative estimate of drug-likeness (QED) is 0.0263. The normalized spacial score (nSPS) is 12.0. The molecule has 0 saturated carbocycles. The number of hydrogen-bond acceptors (Lipinski definition) is 6. The molecular formula is C54H102O6. The Morgan fingerprint density at radius 3 is 0.900 bits per heavy atom. The maximum absolute atomic E-state index is 12.7. The number of allylic oxidation sites excluding steroid dienone is 2. The molecule has 354 valence electrons. The minimum absolute atomic E-state index is 0.0689. The standard InChI is InChI=1S/C54H102O6/c1-4-7-10-13-16-19-21-22-23-24-25-26-27-28-29-30-31-32-33-34-36-38-41-44-47-53(56)59-50-51(49-58-52(55)46-43-40-37-18-15-12-9-6-3)60-54(57)48-45-42-39-35-20-17-14-11-8-5-2/h11,14,51H,4-10,12-13,15-50H2,1-3H3/b14-11-. The van der Waals surface area contributed by atoms with E-state index in [4.69, 9.17) is 14.2 Å². The molecule has 0 heterocycles. The van der Waals surface area contributed by atoms with Crippen molar-refractivity contribution in [1.29, 1.82) is 0 Å². The first-order chi connectivity index (χ1) is 29.5. The van der Waals surface area contributed by atoms with E-state index in [-0.39, 0.29) is 31.1 Å². The lowest BCUT2D eigenvalue weighted by molar-refractivity contribution is -0.167. The van der Waals surface area contributed by atoms with Crippen LogP contribution in [-0.2, 0) is 28.6 Å². The van der Waals surface area contributed by atoms with Gasteiger partial charge in [0.05, 0.1) is 0 Å². The Labute approximate surface area is 373 Å². The molecule has 0 aromatic heterocycles. The molecule has 0 bridgehead atoms. The molecule has 0 rings (SSSR count). The Kier molecular flexibility index (Phi) is 48.3. The summed E-state index contributed by atoms with van der Waals surface area (Å²) in [5, 5.41) is 0. The van der Waals surface area contributed by atoms with Crippen LogP contribution >= 0.6 is 0 Å². The summed E-state index contributed by atoms with van der Waals surface area (Å²) in [5.41, 5.74) is 0. The number of esters is 3. The largest absolute Gasteiger partial charge is 0.462 e. The number of carbonyl (C=O) groups excluding carboxylic acids is 3. The van der Waals surface area contributed by atoms with Crippen LogP contribution in [-0.4, -0.2) is 37.2 Å². The van der Waals surface area contributed by atoms with Crippen molar-refractivity contribution in [3.05, 3.63) is 12.2 Å². The topological polar surface area (TPSA) is 78.9 Å². The highest BCUT2D eigenvalue weighted by atomic mass is 16.6. The van der Waals surface area contributed by atoms with Crippen LogP contribution < -0.4 is 0 Å². The van der Waals surface area contributed by atoms with Crippen LogP contribution in [0.15, 0.2) is 12.2 Å². The fourth-order valence-corrected chi connectivity index (χ4v) is 7.98. The zero-order valence-corrected chi connectivity index (χ0v) is 40.5. The zero-order valence-electron chi connectivity index (χ0n) is 40.5. The SMILES string of the molecule is CCC/C=C\CCCCCCCC(=O)OC(COC(=O)CCCCCCCCCC)COC(=O)CCCCCCCCCCCCCCCCCCCCCCCCCC. The van der Waals surface area contributed by atoms with E-state index >= 15 is 0 Å². The molecule has 0 aliphatic carbocycles. The summed E-state index contributed by atoms with van der Waals surface area (Å²) in [6, 6.07) is 0. The van der Waals surface area contributed by atoms with Crippen molar-refractivity contribution < 1.29 is 28.6 Å². The highest BCUT2D eigenvalue weighted by Crippen LogP contribution is 2.17. The van der Waals surface area contributed by atoms with Gasteiger partial charge in [0, 0.05) is 19.3 Å². The predicted molar refractivity (Wildman–Crippen MR) is 256 cm³/mol. The molecule has 0 aromatic carbocycles. The Balaban J connectivity index is 4.05. The van der Waals surface area contributed by atoms with Gasteiger partial charge in [-0.3, -0.25) is 14.4 Å². The van der Waals surface area contributed by atoms with Crippen molar-refractivity contribution in [2.75, 3.05) is 13.2 Å². The number of unbranched alkanes of at least 4 members (excludes halogenated alkanes) is 36. The lowest BCUT2D eigenvalue weighted by Crippen LogP contribution is -2.30. The van der Waals surface area contributed by atoms with Crippen molar-refractivity contribution in [1.82, 2.24) is 0 Å². The smallest absolute Gasteiger partial charge is 0.306 e. The number of rotatable bonds is 49. The molecule has 0 aromatic rings. The summed E-state index contributed by atoms with van der Waals surface area (Å²) in [6.07, 6.45) is 55.2. The summed E-state index contributed by atoms with van der Waals surface area (Å²) in [4.78, 5) is 37.7. The van der Waals surface area contributed by atoms with Gasteiger partial charge < -0.3 is 14.2 Å². The fourth-order valence-electron chi connectivity index (χ4n) is 7.98. The lowest BCUT2D eigenvalue weighted by atomic mass is 10.0. The molecule has 0 amide bonds. The second kappa shape index (κ2) is 49.8. The van der Waals surface area contributed by atoms with E-state index < -0.39 is 6.10 Å². The first kappa shape index (κ1) is 58.1. The average molecular weight is 847 g/mol. The minimum atomic E-state index is -0.766. The van der Waals surface area contributed by atoms with Gasteiger partial charge in [-0.05, 0) is 38.5 Å². The molecule has 1 unspecified atom stereocenters. The van der Waals surface area contributed by atoms with Gasteiger partial charge in [0.1, 0.15) is 13.2 Å². The van der Waals surface area contributed by atoms with Crippen molar-refractivity contribution in [2.24, 2.45) is 0 Å². The van der Waals surface area contributed by atoms with Gasteiger partial charge in [-0.1, -0.05) is 251 Å². The van der Waals surface area contributed by atoms with Crippen LogP contribution in [0.1, 0.15) is 297 Å². The van der Waals surface area contributed by atoms with Crippen LogP contribution in [0, 0.1) is 0 Å². The second-order valence-electron chi connectivity index (χ2n) is 18.2.